The van der Waals surface area contributed by atoms with Crippen molar-refractivity contribution in [1.29, 1.82) is 0 Å². The Morgan fingerprint density at radius 2 is 2.00 bits per heavy atom. The first-order valence-electron chi connectivity index (χ1n) is 8.82. The fourth-order valence-electron chi connectivity index (χ4n) is 3.41. The molecule has 1 atom stereocenters. The van der Waals surface area contributed by atoms with Crippen molar-refractivity contribution >= 4 is 5.91 Å². The van der Waals surface area contributed by atoms with E-state index in [9.17, 15) is 13.6 Å². The quantitative estimate of drug-likeness (QED) is 0.804. The van der Waals surface area contributed by atoms with Crippen molar-refractivity contribution in [2.24, 2.45) is 0 Å². The van der Waals surface area contributed by atoms with Gasteiger partial charge in [-0.05, 0) is 51.0 Å². The van der Waals surface area contributed by atoms with Gasteiger partial charge in [0.15, 0.2) is 0 Å². The lowest BCUT2D eigenvalue weighted by atomic mass is 9.96. The molecular weight excluding hydrogens is 340 g/mol. The van der Waals surface area contributed by atoms with Crippen LogP contribution in [0.5, 0.6) is 5.75 Å². The number of nitrogens with zero attached hydrogens (tertiary/aromatic N) is 3. The van der Waals surface area contributed by atoms with Gasteiger partial charge in [-0.2, -0.15) is 8.78 Å². The van der Waals surface area contributed by atoms with E-state index in [1.165, 1.54) is 24.3 Å². The number of aromatic nitrogens is 2. The van der Waals surface area contributed by atoms with Gasteiger partial charge in [0.1, 0.15) is 11.6 Å². The van der Waals surface area contributed by atoms with Crippen molar-refractivity contribution in [3.63, 3.8) is 0 Å². The number of carbonyl (C=O) groups is 1. The molecule has 5 nitrogen and oxygen atoms in total. The molecule has 0 aliphatic carbocycles. The maximum atomic E-state index is 12.8. The summed E-state index contributed by atoms with van der Waals surface area (Å²) in [6.07, 6.45) is 5.68. The molecule has 0 N–H and O–H groups in total. The Kier molecular flexibility index (Phi) is 5.54. The predicted octanol–water partition coefficient (Wildman–Crippen LogP) is 4.09. The summed E-state index contributed by atoms with van der Waals surface area (Å²) in [5, 5.41) is 0. The topological polar surface area (TPSA) is 47.4 Å². The standard InChI is InChI=1S/C19H23F2N3O2/c1-13(2)24-11-9-22-17(24)15-4-3-10-23(12-15)18(25)14-5-7-16(8-6-14)26-19(20)21/h5-9,11,13,15,19H,3-4,10,12H2,1-2H3/t15-/m1/s1. The van der Waals surface area contributed by atoms with Gasteiger partial charge in [0.2, 0.25) is 0 Å². The van der Waals surface area contributed by atoms with E-state index in [0.717, 1.165) is 18.7 Å². The Hall–Kier alpha value is -2.44. The Bertz CT molecular complexity index is 743. The Morgan fingerprint density at radius 3 is 2.65 bits per heavy atom. The van der Waals surface area contributed by atoms with Gasteiger partial charge in [0.25, 0.3) is 5.91 Å². The summed E-state index contributed by atoms with van der Waals surface area (Å²) in [6, 6.07) is 6.16. The average molecular weight is 363 g/mol. The van der Waals surface area contributed by atoms with Crippen LogP contribution in [0.2, 0.25) is 0 Å². The van der Waals surface area contributed by atoms with Gasteiger partial charge in [-0.15, -0.1) is 0 Å². The summed E-state index contributed by atoms with van der Waals surface area (Å²) in [6.45, 7) is 2.65. The Morgan fingerprint density at radius 1 is 1.27 bits per heavy atom. The van der Waals surface area contributed by atoms with Crippen LogP contribution in [0.3, 0.4) is 0 Å². The summed E-state index contributed by atoms with van der Waals surface area (Å²) in [5.41, 5.74) is 0.472. The van der Waals surface area contributed by atoms with Crippen molar-refractivity contribution in [1.82, 2.24) is 14.5 Å². The maximum Gasteiger partial charge on any atom is 0.387 e. The molecule has 1 aromatic heterocycles. The lowest BCUT2D eigenvalue weighted by Gasteiger charge is -2.33. The Labute approximate surface area is 151 Å². The van der Waals surface area contributed by atoms with Crippen molar-refractivity contribution in [3.05, 3.63) is 48.0 Å². The van der Waals surface area contributed by atoms with Crippen LogP contribution in [0.25, 0.3) is 0 Å². The number of rotatable bonds is 5. The number of alkyl halides is 2. The highest BCUT2D eigenvalue weighted by atomic mass is 19.3. The molecule has 26 heavy (non-hydrogen) atoms. The van der Waals surface area contributed by atoms with Gasteiger partial charge in [-0.25, -0.2) is 4.98 Å². The third kappa shape index (κ3) is 4.03. The first-order valence-corrected chi connectivity index (χ1v) is 8.82. The molecule has 2 aromatic rings. The number of ether oxygens (including phenoxy) is 1. The van der Waals surface area contributed by atoms with Gasteiger partial charge in [-0.1, -0.05) is 0 Å². The molecule has 2 heterocycles. The molecule has 0 spiro atoms. The average Bonchev–Trinajstić information content (AvgIpc) is 3.11. The van der Waals surface area contributed by atoms with Crippen LogP contribution in [0.1, 0.15) is 54.8 Å². The number of amides is 1. The fraction of sp³-hybridized carbons (Fsp3) is 0.474. The Balaban J connectivity index is 1.71. The van der Waals surface area contributed by atoms with Gasteiger partial charge in [-0.3, -0.25) is 4.79 Å². The van der Waals surface area contributed by atoms with E-state index in [1.54, 1.807) is 6.20 Å². The van der Waals surface area contributed by atoms with E-state index in [1.807, 2.05) is 11.1 Å². The second-order valence-electron chi connectivity index (χ2n) is 6.78. The zero-order valence-corrected chi connectivity index (χ0v) is 14.9. The van der Waals surface area contributed by atoms with Crippen LogP contribution in [-0.4, -0.2) is 40.1 Å². The highest BCUT2D eigenvalue weighted by Crippen LogP contribution is 2.28. The summed E-state index contributed by atoms with van der Waals surface area (Å²) in [5.74, 6) is 1.16. The molecule has 0 radical (unpaired) electrons. The van der Waals surface area contributed by atoms with Crippen molar-refractivity contribution < 1.29 is 18.3 Å². The van der Waals surface area contributed by atoms with Crippen LogP contribution in [0.15, 0.2) is 36.7 Å². The summed E-state index contributed by atoms with van der Waals surface area (Å²) >= 11 is 0. The third-order valence-corrected chi connectivity index (χ3v) is 4.66. The molecule has 1 aliphatic heterocycles. The zero-order chi connectivity index (χ0) is 18.7. The van der Waals surface area contributed by atoms with Crippen molar-refractivity contribution in [3.8, 4) is 5.75 Å². The number of likely N-dealkylation sites (tertiary alicyclic amines) is 1. The van der Waals surface area contributed by atoms with Crippen LogP contribution >= 0.6 is 0 Å². The van der Waals surface area contributed by atoms with Gasteiger partial charge >= 0.3 is 6.61 Å². The van der Waals surface area contributed by atoms with E-state index >= 15 is 0 Å². The molecule has 0 unspecified atom stereocenters. The number of halogens is 2. The fourth-order valence-corrected chi connectivity index (χ4v) is 3.41. The molecule has 7 heteroatoms. The van der Waals surface area contributed by atoms with E-state index < -0.39 is 6.61 Å². The lowest BCUT2D eigenvalue weighted by molar-refractivity contribution is -0.0498. The summed E-state index contributed by atoms with van der Waals surface area (Å²) < 4.78 is 30.9. The number of hydrogen-bond donors (Lipinski definition) is 0. The lowest BCUT2D eigenvalue weighted by Crippen LogP contribution is -2.39. The van der Waals surface area contributed by atoms with Crippen LogP contribution in [0.4, 0.5) is 8.78 Å². The molecule has 1 aromatic carbocycles. The molecule has 0 bridgehead atoms. The van der Waals surface area contributed by atoms with Crippen LogP contribution in [-0.2, 0) is 0 Å². The summed E-state index contributed by atoms with van der Waals surface area (Å²) in [4.78, 5) is 19.1. The molecule has 3 rings (SSSR count). The van der Waals surface area contributed by atoms with E-state index in [4.69, 9.17) is 0 Å². The largest absolute Gasteiger partial charge is 0.435 e. The van der Waals surface area contributed by atoms with E-state index in [0.29, 0.717) is 24.7 Å². The molecule has 1 amide bonds. The van der Waals surface area contributed by atoms with Gasteiger partial charge < -0.3 is 14.2 Å². The van der Waals surface area contributed by atoms with Gasteiger partial charge in [0.05, 0.1) is 0 Å². The smallest absolute Gasteiger partial charge is 0.387 e. The first-order chi connectivity index (χ1) is 12.5. The highest BCUT2D eigenvalue weighted by molar-refractivity contribution is 5.94. The number of benzene rings is 1. The second kappa shape index (κ2) is 7.85. The first kappa shape index (κ1) is 18.4. The van der Waals surface area contributed by atoms with E-state index in [-0.39, 0.29) is 17.6 Å². The molecular formula is C19H23F2N3O2. The van der Waals surface area contributed by atoms with Crippen LogP contribution < -0.4 is 4.74 Å². The zero-order valence-electron chi connectivity index (χ0n) is 14.9. The summed E-state index contributed by atoms with van der Waals surface area (Å²) in [7, 11) is 0. The minimum atomic E-state index is -2.87. The van der Waals surface area contributed by atoms with E-state index in [2.05, 4.69) is 28.1 Å². The highest BCUT2D eigenvalue weighted by Gasteiger charge is 2.28. The molecule has 140 valence electrons. The molecule has 1 fully saturated rings. The minimum Gasteiger partial charge on any atom is -0.435 e. The number of imidazole rings is 1. The van der Waals surface area contributed by atoms with Crippen molar-refractivity contribution in [2.45, 2.75) is 45.3 Å². The monoisotopic (exact) mass is 363 g/mol. The predicted molar refractivity (Wildman–Crippen MR) is 93.6 cm³/mol. The van der Waals surface area contributed by atoms with Crippen molar-refractivity contribution in [2.75, 3.05) is 13.1 Å². The molecule has 0 saturated carbocycles. The number of carbonyl (C=O) groups excluding carboxylic acids is 1. The molecule has 1 saturated heterocycles. The molecule has 1 aliphatic rings. The number of hydrogen-bond acceptors (Lipinski definition) is 3. The number of piperidine rings is 1. The minimum absolute atomic E-state index is 0.0482. The van der Waals surface area contributed by atoms with Crippen LogP contribution in [0, 0.1) is 0 Å². The second-order valence-corrected chi connectivity index (χ2v) is 6.78. The SMILES string of the molecule is CC(C)n1ccnc1[C@@H]1CCCN(C(=O)c2ccc(OC(F)F)cc2)C1. The van der Waals surface area contributed by atoms with Gasteiger partial charge in [0, 0.05) is 43.0 Å². The maximum absolute atomic E-state index is 12.8. The normalized spacial score (nSPS) is 17.8. The third-order valence-electron chi connectivity index (χ3n) is 4.66.